The van der Waals surface area contributed by atoms with Gasteiger partial charge in [0.25, 0.3) is 0 Å². The topological polar surface area (TPSA) is 90.6 Å². The Morgan fingerprint density at radius 1 is 1.38 bits per heavy atom. The number of thiazole rings is 1. The summed E-state index contributed by atoms with van der Waals surface area (Å²) >= 11 is 1.35. The fourth-order valence-electron chi connectivity index (χ4n) is 2.58. The molecular weight excluding hydrogens is 324 g/mol. The van der Waals surface area contributed by atoms with Crippen LogP contribution in [0, 0.1) is 5.92 Å². The maximum atomic E-state index is 10.1. The van der Waals surface area contributed by atoms with Gasteiger partial charge in [-0.3, -0.25) is 0 Å². The summed E-state index contributed by atoms with van der Waals surface area (Å²) in [6.45, 7) is 4.23. The summed E-state index contributed by atoms with van der Waals surface area (Å²) in [6, 6.07) is 3.73. The van der Waals surface area contributed by atoms with Crippen molar-refractivity contribution in [3.05, 3.63) is 28.8 Å². The molecule has 0 fully saturated rings. The number of aliphatic hydroxyl groups excluding tert-OH is 1. The highest BCUT2D eigenvalue weighted by molar-refractivity contribution is 7.16. The van der Waals surface area contributed by atoms with Gasteiger partial charge in [-0.25, -0.2) is 9.98 Å². The summed E-state index contributed by atoms with van der Waals surface area (Å²) < 4.78 is 0. The van der Waals surface area contributed by atoms with Crippen molar-refractivity contribution in [2.45, 2.75) is 26.3 Å². The molecule has 3 N–H and O–H groups in total. The first kappa shape index (κ1) is 16.6. The summed E-state index contributed by atoms with van der Waals surface area (Å²) in [6.07, 6.45) is 6.12. The third-order valence-electron chi connectivity index (χ3n) is 3.65. The first-order valence-corrected chi connectivity index (χ1v) is 8.66. The number of pyridine rings is 1. The van der Waals surface area contributed by atoms with Crippen LogP contribution in [-0.2, 0) is 0 Å². The van der Waals surface area contributed by atoms with Crippen LogP contribution in [-0.4, -0.2) is 39.0 Å². The predicted octanol–water partition coefficient (Wildman–Crippen LogP) is 3.32. The summed E-state index contributed by atoms with van der Waals surface area (Å²) in [5, 5.41) is 23.4. The lowest BCUT2D eigenvalue weighted by atomic mass is 10.0. The molecule has 3 heterocycles. The molecule has 126 valence electrons. The Bertz CT molecular complexity index is 783. The largest absolute Gasteiger partial charge is 0.492 e. The Labute approximate surface area is 144 Å². The van der Waals surface area contributed by atoms with Crippen LogP contribution in [0.4, 0.5) is 10.9 Å². The van der Waals surface area contributed by atoms with E-state index in [1.54, 1.807) is 12.4 Å². The molecule has 0 radical (unpaired) electrons. The third-order valence-corrected chi connectivity index (χ3v) is 4.57. The number of aliphatic imine (C=N–C) groups is 1. The minimum Gasteiger partial charge on any atom is -0.492 e. The highest BCUT2D eigenvalue weighted by Crippen LogP contribution is 2.35. The molecule has 1 atom stereocenters. The van der Waals surface area contributed by atoms with Crippen LogP contribution < -0.4 is 5.32 Å². The van der Waals surface area contributed by atoms with Gasteiger partial charge < -0.3 is 15.5 Å². The molecular formula is C17H20N4O2S. The zero-order chi connectivity index (χ0) is 17.1. The summed E-state index contributed by atoms with van der Waals surface area (Å²) in [4.78, 5) is 13.3. The van der Waals surface area contributed by atoms with Gasteiger partial charge in [-0.05, 0) is 30.5 Å². The van der Waals surface area contributed by atoms with Crippen LogP contribution in [0.5, 0.6) is 5.88 Å². The fourth-order valence-corrected chi connectivity index (χ4v) is 3.47. The van der Waals surface area contributed by atoms with Crippen LogP contribution in [0.15, 0.2) is 23.3 Å². The first-order chi connectivity index (χ1) is 11.6. The van der Waals surface area contributed by atoms with Gasteiger partial charge >= 0.3 is 0 Å². The van der Waals surface area contributed by atoms with Crippen molar-refractivity contribution in [3.8, 4) is 5.88 Å². The molecule has 1 aliphatic rings. The summed E-state index contributed by atoms with van der Waals surface area (Å²) in [5.41, 5.74) is 1.83. The van der Waals surface area contributed by atoms with Crippen LogP contribution in [0.25, 0.3) is 11.6 Å². The molecule has 2 aromatic heterocycles. The number of nitrogens with one attached hydrogen (secondary N) is 1. The van der Waals surface area contributed by atoms with Crippen molar-refractivity contribution in [1.29, 1.82) is 0 Å². The van der Waals surface area contributed by atoms with E-state index in [-0.39, 0.29) is 18.5 Å². The van der Waals surface area contributed by atoms with Gasteiger partial charge in [0.15, 0.2) is 10.9 Å². The molecule has 0 saturated carbocycles. The molecule has 6 nitrogen and oxygen atoms in total. The van der Waals surface area contributed by atoms with Crippen molar-refractivity contribution >= 4 is 40.1 Å². The monoisotopic (exact) mass is 344 g/mol. The van der Waals surface area contributed by atoms with E-state index in [9.17, 15) is 10.2 Å². The van der Waals surface area contributed by atoms with Gasteiger partial charge in [0.1, 0.15) is 0 Å². The van der Waals surface area contributed by atoms with E-state index in [2.05, 4.69) is 34.1 Å². The molecule has 2 aromatic rings. The Balaban J connectivity index is 1.80. The van der Waals surface area contributed by atoms with E-state index in [0.29, 0.717) is 21.7 Å². The minimum absolute atomic E-state index is 0.0259. The van der Waals surface area contributed by atoms with Crippen LogP contribution in [0.2, 0.25) is 0 Å². The smallest absolute Gasteiger partial charge is 0.231 e. The molecule has 7 heteroatoms. The third kappa shape index (κ3) is 3.63. The average Bonchev–Trinajstić information content (AvgIpc) is 3.11. The fraction of sp³-hybridized carbons (Fsp3) is 0.353. The Hall–Kier alpha value is -2.25. The van der Waals surface area contributed by atoms with E-state index in [1.807, 2.05) is 18.2 Å². The van der Waals surface area contributed by atoms with Crippen molar-refractivity contribution in [2.75, 3.05) is 11.9 Å². The number of allylic oxidation sites excluding steroid dienone is 1. The molecule has 0 aromatic carbocycles. The van der Waals surface area contributed by atoms with E-state index >= 15 is 0 Å². The maximum absolute atomic E-state index is 10.1. The summed E-state index contributed by atoms with van der Waals surface area (Å²) in [5.74, 6) is 1.12. The van der Waals surface area contributed by atoms with Gasteiger partial charge in [0.2, 0.25) is 5.88 Å². The van der Waals surface area contributed by atoms with Crippen molar-refractivity contribution < 1.29 is 10.2 Å². The number of rotatable bonds is 6. The van der Waals surface area contributed by atoms with Crippen LogP contribution >= 0.6 is 11.3 Å². The Morgan fingerprint density at radius 2 is 2.21 bits per heavy atom. The minimum atomic E-state index is -0.0750. The van der Waals surface area contributed by atoms with E-state index in [1.165, 1.54) is 11.3 Å². The van der Waals surface area contributed by atoms with Crippen LogP contribution in [0.3, 0.4) is 0 Å². The second-order valence-electron chi connectivity index (χ2n) is 6.09. The molecule has 3 rings (SSSR count). The number of fused-ring (bicyclic) bond motifs is 1. The molecule has 0 saturated heterocycles. The SMILES string of the molecule is CC(C)C[C@H](CO)Nc1nc(O)c(/C=C2\C=Nc3ncccc32)s1. The lowest BCUT2D eigenvalue weighted by molar-refractivity contribution is 0.259. The van der Waals surface area contributed by atoms with Crippen molar-refractivity contribution in [3.63, 3.8) is 0 Å². The molecule has 0 amide bonds. The maximum Gasteiger partial charge on any atom is 0.231 e. The molecule has 1 aliphatic heterocycles. The lowest BCUT2D eigenvalue weighted by Gasteiger charge is -2.17. The number of anilines is 1. The normalized spacial score (nSPS) is 15.9. The van der Waals surface area contributed by atoms with Gasteiger partial charge in [0.05, 0.1) is 17.5 Å². The van der Waals surface area contributed by atoms with Crippen molar-refractivity contribution in [2.24, 2.45) is 10.9 Å². The predicted molar refractivity (Wildman–Crippen MR) is 98.0 cm³/mol. The average molecular weight is 344 g/mol. The number of nitrogens with zero attached hydrogens (tertiary/aromatic N) is 3. The highest BCUT2D eigenvalue weighted by Gasteiger charge is 2.17. The van der Waals surface area contributed by atoms with Gasteiger partial charge in [0, 0.05) is 23.5 Å². The highest BCUT2D eigenvalue weighted by atomic mass is 32.1. The number of hydrogen-bond donors (Lipinski definition) is 3. The molecule has 24 heavy (non-hydrogen) atoms. The number of aromatic hydroxyl groups is 1. The van der Waals surface area contributed by atoms with Crippen molar-refractivity contribution in [1.82, 2.24) is 9.97 Å². The quantitative estimate of drug-likeness (QED) is 0.748. The number of hydrogen-bond acceptors (Lipinski definition) is 7. The molecule has 0 aliphatic carbocycles. The zero-order valence-electron chi connectivity index (χ0n) is 13.6. The second kappa shape index (κ2) is 7.11. The number of aliphatic hydroxyl groups is 1. The summed E-state index contributed by atoms with van der Waals surface area (Å²) in [7, 11) is 0. The van der Waals surface area contributed by atoms with Gasteiger partial charge in [-0.1, -0.05) is 25.2 Å². The Kier molecular flexibility index (Phi) is 4.92. The lowest BCUT2D eigenvalue weighted by Crippen LogP contribution is -2.25. The first-order valence-electron chi connectivity index (χ1n) is 7.85. The van der Waals surface area contributed by atoms with Gasteiger partial charge in [-0.2, -0.15) is 4.98 Å². The van der Waals surface area contributed by atoms with E-state index in [0.717, 1.165) is 17.6 Å². The molecule has 0 spiro atoms. The van der Waals surface area contributed by atoms with E-state index in [4.69, 9.17) is 0 Å². The molecule has 0 unspecified atom stereocenters. The zero-order valence-corrected chi connectivity index (χ0v) is 14.4. The van der Waals surface area contributed by atoms with Gasteiger partial charge in [-0.15, -0.1) is 0 Å². The van der Waals surface area contributed by atoms with E-state index < -0.39 is 0 Å². The second-order valence-corrected chi connectivity index (χ2v) is 7.12. The Morgan fingerprint density at radius 3 is 2.96 bits per heavy atom. The van der Waals surface area contributed by atoms with Crippen LogP contribution in [0.1, 0.15) is 30.7 Å². The number of aromatic nitrogens is 2. The molecule has 0 bridgehead atoms. The standard InChI is InChI=1S/C17H20N4O2S/c1-10(2)6-12(9-22)20-17-21-16(23)14(24-17)7-11-8-19-15-13(11)4-3-5-18-15/h3-5,7-8,10,12,22-23H,6,9H2,1-2H3,(H,20,21)/b11-7+/t12-/m1/s1.